The average molecular weight is 410 g/mol. The summed E-state index contributed by atoms with van der Waals surface area (Å²) in [6, 6.07) is 8.69. The third-order valence-electron chi connectivity index (χ3n) is 3.54. The van der Waals surface area contributed by atoms with E-state index in [-0.39, 0.29) is 17.2 Å². The van der Waals surface area contributed by atoms with E-state index in [4.69, 9.17) is 14.2 Å². The SMILES string of the molecule is COC(=O)/C=C/c1ccc(OC(=O)COc2cccc(C(F)(F)F)c2)c(OC)c1. The van der Waals surface area contributed by atoms with E-state index in [1.165, 1.54) is 50.6 Å². The van der Waals surface area contributed by atoms with E-state index in [1.54, 1.807) is 6.07 Å². The molecule has 0 aromatic heterocycles. The highest BCUT2D eigenvalue weighted by Crippen LogP contribution is 2.31. The summed E-state index contributed by atoms with van der Waals surface area (Å²) in [5, 5.41) is 0. The molecule has 0 N–H and O–H groups in total. The van der Waals surface area contributed by atoms with Crippen LogP contribution in [0.15, 0.2) is 48.5 Å². The third kappa shape index (κ3) is 6.56. The number of alkyl halides is 3. The summed E-state index contributed by atoms with van der Waals surface area (Å²) >= 11 is 0. The molecular formula is C20H17F3O6. The Morgan fingerprint density at radius 2 is 1.79 bits per heavy atom. The molecule has 0 saturated carbocycles. The van der Waals surface area contributed by atoms with Gasteiger partial charge in [0.1, 0.15) is 5.75 Å². The lowest BCUT2D eigenvalue weighted by molar-refractivity contribution is -0.138. The highest BCUT2D eigenvalue weighted by molar-refractivity contribution is 5.87. The van der Waals surface area contributed by atoms with Gasteiger partial charge in [-0.1, -0.05) is 12.1 Å². The smallest absolute Gasteiger partial charge is 0.416 e. The van der Waals surface area contributed by atoms with Crippen molar-refractivity contribution in [1.29, 1.82) is 0 Å². The first-order chi connectivity index (χ1) is 13.7. The topological polar surface area (TPSA) is 71.1 Å². The van der Waals surface area contributed by atoms with E-state index in [0.717, 1.165) is 12.1 Å². The lowest BCUT2D eigenvalue weighted by Gasteiger charge is -2.12. The van der Waals surface area contributed by atoms with E-state index < -0.39 is 30.3 Å². The number of hydrogen-bond acceptors (Lipinski definition) is 6. The number of carbonyl (C=O) groups excluding carboxylic acids is 2. The van der Waals surface area contributed by atoms with Crippen LogP contribution in [0.4, 0.5) is 13.2 Å². The summed E-state index contributed by atoms with van der Waals surface area (Å²) in [6.07, 6.45) is -1.82. The Morgan fingerprint density at radius 1 is 1.03 bits per heavy atom. The highest BCUT2D eigenvalue weighted by Gasteiger charge is 2.30. The van der Waals surface area contributed by atoms with Crippen LogP contribution in [-0.2, 0) is 20.5 Å². The van der Waals surface area contributed by atoms with E-state index in [0.29, 0.717) is 5.56 Å². The molecule has 2 aromatic rings. The zero-order valence-electron chi connectivity index (χ0n) is 15.5. The molecule has 0 bridgehead atoms. The van der Waals surface area contributed by atoms with E-state index >= 15 is 0 Å². The third-order valence-corrected chi connectivity index (χ3v) is 3.54. The average Bonchev–Trinajstić information content (AvgIpc) is 2.70. The quantitative estimate of drug-likeness (QED) is 0.392. The molecule has 0 unspecified atom stereocenters. The Balaban J connectivity index is 2.01. The van der Waals surface area contributed by atoms with Gasteiger partial charge in [-0.3, -0.25) is 0 Å². The van der Waals surface area contributed by atoms with Crippen LogP contribution in [0.2, 0.25) is 0 Å². The Hall–Kier alpha value is -3.49. The van der Waals surface area contributed by atoms with Crippen molar-refractivity contribution < 1.29 is 41.7 Å². The first kappa shape index (κ1) is 21.8. The molecule has 0 fully saturated rings. The van der Waals surface area contributed by atoms with Crippen molar-refractivity contribution in [3.63, 3.8) is 0 Å². The Kier molecular flexibility index (Phi) is 7.24. The number of ether oxygens (including phenoxy) is 4. The van der Waals surface area contributed by atoms with Gasteiger partial charge in [0.15, 0.2) is 18.1 Å². The lowest BCUT2D eigenvalue weighted by atomic mass is 10.2. The summed E-state index contributed by atoms with van der Waals surface area (Å²) in [5.41, 5.74) is -0.298. The van der Waals surface area contributed by atoms with Crippen LogP contribution < -0.4 is 14.2 Å². The zero-order chi connectivity index (χ0) is 21.4. The fraction of sp³-hybridized carbons (Fsp3) is 0.200. The number of hydrogen-bond donors (Lipinski definition) is 0. The molecule has 2 rings (SSSR count). The molecule has 2 aromatic carbocycles. The van der Waals surface area contributed by atoms with Crippen molar-refractivity contribution in [2.24, 2.45) is 0 Å². The maximum Gasteiger partial charge on any atom is 0.416 e. The van der Waals surface area contributed by atoms with Crippen molar-refractivity contribution in [3.8, 4) is 17.2 Å². The molecular weight excluding hydrogens is 393 g/mol. The number of halogens is 3. The number of rotatable bonds is 7. The van der Waals surface area contributed by atoms with Gasteiger partial charge in [0.25, 0.3) is 0 Å². The standard InChI is InChI=1S/C20H17F3O6/c1-26-17-10-13(7-9-18(24)27-2)6-8-16(17)29-19(25)12-28-15-5-3-4-14(11-15)20(21,22)23/h3-11H,12H2,1-2H3/b9-7+. The van der Waals surface area contributed by atoms with Crippen LogP contribution in [0.5, 0.6) is 17.2 Å². The Bertz CT molecular complexity index is 905. The van der Waals surface area contributed by atoms with Crippen LogP contribution in [0.3, 0.4) is 0 Å². The number of esters is 2. The van der Waals surface area contributed by atoms with Crippen molar-refractivity contribution in [2.75, 3.05) is 20.8 Å². The Labute approximate surface area is 164 Å². The van der Waals surface area contributed by atoms with Crippen LogP contribution in [0.1, 0.15) is 11.1 Å². The number of benzene rings is 2. The predicted molar refractivity (Wildman–Crippen MR) is 96.6 cm³/mol. The van der Waals surface area contributed by atoms with Crippen molar-refractivity contribution >= 4 is 18.0 Å². The minimum atomic E-state index is -4.52. The van der Waals surface area contributed by atoms with Gasteiger partial charge in [-0.2, -0.15) is 13.2 Å². The first-order valence-corrected chi connectivity index (χ1v) is 8.17. The molecule has 0 atom stereocenters. The van der Waals surface area contributed by atoms with E-state index in [9.17, 15) is 22.8 Å². The molecule has 0 aliphatic heterocycles. The summed E-state index contributed by atoms with van der Waals surface area (Å²) in [7, 11) is 2.61. The minimum absolute atomic E-state index is 0.0837. The van der Waals surface area contributed by atoms with Gasteiger partial charge in [0.05, 0.1) is 19.8 Å². The summed E-state index contributed by atoms with van der Waals surface area (Å²) < 4.78 is 57.9. The summed E-state index contributed by atoms with van der Waals surface area (Å²) in [5.74, 6) is -1.19. The fourth-order valence-electron chi connectivity index (χ4n) is 2.16. The lowest BCUT2D eigenvalue weighted by Crippen LogP contribution is -2.18. The van der Waals surface area contributed by atoms with Crippen molar-refractivity contribution in [2.45, 2.75) is 6.18 Å². The van der Waals surface area contributed by atoms with Gasteiger partial charge in [-0.25, -0.2) is 9.59 Å². The molecule has 0 heterocycles. The maximum atomic E-state index is 12.7. The van der Waals surface area contributed by atoms with Crippen LogP contribution in [0, 0.1) is 0 Å². The van der Waals surface area contributed by atoms with Gasteiger partial charge >= 0.3 is 18.1 Å². The van der Waals surface area contributed by atoms with Gasteiger partial charge in [-0.05, 0) is 42.0 Å². The molecule has 0 amide bonds. The minimum Gasteiger partial charge on any atom is -0.493 e. The monoisotopic (exact) mass is 410 g/mol. The molecule has 0 radical (unpaired) electrons. The summed E-state index contributed by atoms with van der Waals surface area (Å²) in [4.78, 5) is 23.1. The van der Waals surface area contributed by atoms with Gasteiger partial charge in [0, 0.05) is 6.08 Å². The van der Waals surface area contributed by atoms with Gasteiger partial charge in [0.2, 0.25) is 0 Å². The van der Waals surface area contributed by atoms with Gasteiger partial charge in [-0.15, -0.1) is 0 Å². The van der Waals surface area contributed by atoms with Crippen molar-refractivity contribution in [3.05, 3.63) is 59.7 Å². The summed E-state index contributed by atoms with van der Waals surface area (Å²) in [6.45, 7) is -0.603. The molecule has 6 nitrogen and oxygen atoms in total. The molecule has 9 heteroatoms. The van der Waals surface area contributed by atoms with Crippen molar-refractivity contribution in [1.82, 2.24) is 0 Å². The van der Waals surface area contributed by atoms with Crippen LogP contribution in [-0.4, -0.2) is 32.8 Å². The predicted octanol–water partition coefficient (Wildman–Crippen LogP) is 3.88. The van der Waals surface area contributed by atoms with Crippen LogP contribution >= 0.6 is 0 Å². The normalized spacial score (nSPS) is 11.2. The molecule has 0 saturated heterocycles. The number of methoxy groups -OCH3 is 2. The second kappa shape index (κ2) is 9.63. The molecule has 29 heavy (non-hydrogen) atoms. The maximum absolute atomic E-state index is 12.7. The fourth-order valence-corrected chi connectivity index (χ4v) is 2.16. The largest absolute Gasteiger partial charge is 0.493 e. The molecule has 0 spiro atoms. The Morgan fingerprint density at radius 3 is 2.45 bits per heavy atom. The molecule has 154 valence electrons. The number of carbonyl (C=O) groups is 2. The first-order valence-electron chi connectivity index (χ1n) is 8.17. The second-order valence-corrected chi connectivity index (χ2v) is 5.56. The molecule has 0 aliphatic carbocycles. The highest BCUT2D eigenvalue weighted by atomic mass is 19.4. The zero-order valence-corrected chi connectivity index (χ0v) is 15.5. The second-order valence-electron chi connectivity index (χ2n) is 5.56. The van der Waals surface area contributed by atoms with E-state index in [2.05, 4.69) is 4.74 Å². The van der Waals surface area contributed by atoms with Gasteiger partial charge < -0.3 is 18.9 Å². The molecule has 0 aliphatic rings. The van der Waals surface area contributed by atoms with Crippen LogP contribution in [0.25, 0.3) is 6.08 Å². The van der Waals surface area contributed by atoms with E-state index in [1.807, 2.05) is 0 Å².